The Labute approximate surface area is 195 Å². The molecule has 0 bridgehead atoms. The van der Waals surface area contributed by atoms with Gasteiger partial charge in [0, 0.05) is 5.69 Å². The van der Waals surface area contributed by atoms with Crippen LogP contribution in [0, 0.1) is 0 Å². The van der Waals surface area contributed by atoms with E-state index < -0.39 is 9.84 Å². The number of amides is 1. The Kier molecular flexibility index (Phi) is 5.86. The second kappa shape index (κ2) is 8.95. The van der Waals surface area contributed by atoms with E-state index in [1.165, 1.54) is 18.1 Å². The second-order valence-electron chi connectivity index (χ2n) is 7.75. The van der Waals surface area contributed by atoms with Crippen molar-refractivity contribution < 1.29 is 13.2 Å². The van der Waals surface area contributed by atoms with Crippen LogP contribution in [0.1, 0.15) is 6.42 Å². The summed E-state index contributed by atoms with van der Waals surface area (Å²) in [6, 6.07) is 18.5. The van der Waals surface area contributed by atoms with Gasteiger partial charge in [-0.05, 0) is 30.7 Å². The van der Waals surface area contributed by atoms with Crippen molar-refractivity contribution in [2.45, 2.75) is 17.5 Å². The molecule has 2 aromatic carbocycles. The highest BCUT2D eigenvalue weighted by Gasteiger charge is 2.35. The number of hydrogen-bond donors (Lipinski definition) is 0. The third-order valence-electron chi connectivity index (χ3n) is 5.54. The van der Waals surface area contributed by atoms with Crippen LogP contribution in [0.2, 0.25) is 0 Å². The molecular weight excluding hydrogens is 458 g/mol. The Morgan fingerprint density at radius 2 is 1.79 bits per heavy atom. The van der Waals surface area contributed by atoms with E-state index in [4.69, 9.17) is 0 Å². The lowest BCUT2D eigenvalue weighted by Gasteiger charge is -2.28. The largest absolute Gasteiger partial charge is 0.308 e. The van der Waals surface area contributed by atoms with Crippen LogP contribution in [0.15, 0.2) is 78.2 Å². The Hall–Kier alpha value is -3.24. The number of carbonyl (C=O) groups is 1. The average molecular weight is 480 g/mol. The van der Waals surface area contributed by atoms with Crippen molar-refractivity contribution in [1.82, 2.24) is 19.7 Å². The highest BCUT2D eigenvalue weighted by molar-refractivity contribution is 8.00. The first kappa shape index (κ1) is 21.6. The maximum absolute atomic E-state index is 13.3. The highest BCUT2D eigenvalue weighted by Crippen LogP contribution is 2.29. The molecular formula is C23H21N5O3S2. The number of rotatable bonds is 6. The molecule has 0 saturated carbocycles. The number of sulfone groups is 1. The summed E-state index contributed by atoms with van der Waals surface area (Å²) >= 11 is 1.30. The molecule has 1 fully saturated rings. The molecule has 8 nitrogen and oxygen atoms in total. The number of fused-ring (bicyclic) bond motifs is 1. The van der Waals surface area contributed by atoms with E-state index in [1.807, 2.05) is 60.7 Å². The van der Waals surface area contributed by atoms with Gasteiger partial charge < -0.3 is 4.90 Å². The van der Waals surface area contributed by atoms with E-state index in [2.05, 4.69) is 15.1 Å². The van der Waals surface area contributed by atoms with Crippen LogP contribution < -0.4 is 4.90 Å². The molecule has 5 rings (SSSR count). The van der Waals surface area contributed by atoms with Crippen molar-refractivity contribution in [2.75, 3.05) is 22.2 Å². The molecule has 1 aliphatic heterocycles. The fourth-order valence-electron chi connectivity index (χ4n) is 4.02. The van der Waals surface area contributed by atoms with Crippen molar-refractivity contribution in [3.8, 4) is 5.69 Å². The van der Waals surface area contributed by atoms with Gasteiger partial charge in [0.15, 0.2) is 15.5 Å². The zero-order valence-electron chi connectivity index (χ0n) is 17.6. The average Bonchev–Trinajstić information content (AvgIpc) is 3.42. The summed E-state index contributed by atoms with van der Waals surface area (Å²) in [4.78, 5) is 23.7. The molecule has 1 amide bonds. The van der Waals surface area contributed by atoms with E-state index in [0.717, 1.165) is 11.1 Å². The lowest BCUT2D eigenvalue weighted by Crippen LogP contribution is -2.42. The quantitative estimate of drug-likeness (QED) is 0.310. The van der Waals surface area contributed by atoms with Crippen molar-refractivity contribution >= 4 is 44.2 Å². The smallest absolute Gasteiger partial charge is 0.237 e. The molecule has 1 aliphatic rings. The molecule has 0 N–H and O–H groups in total. The molecule has 4 aromatic rings. The minimum absolute atomic E-state index is 0.0140. The predicted octanol–water partition coefficient (Wildman–Crippen LogP) is 3.13. The number of nitrogens with zero attached hydrogens (tertiary/aromatic N) is 5. The molecule has 0 aliphatic carbocycles. The second-order valence-corrected chi connectivity index (χ2v) is 10.9. The first-order valence-corrected chi connectivity index (χ1v) is 13.3. The molecule has 0 unspecified atom stereocenters. The number of anilines is 1. The number of thioether (sulfide) groups is 1. The van der Waals surface area contributed by atoms with Gasteiger partial charge >= 0.3 is 0 Å². The van der Waals surface area contributed by atoms with Gasteiger partial charge in [0.05, 0.1) is 40.6 Å². The van der Waals surface area contributed by atoms with E-state index in [1.54, 1.807) is 15.8 Å². The minimum atomic E-state index is -3.13. The van der Waals surface area contributed by atoms with Crippen molar-refractivity contribution in [1.29, 1.82) is 0 Å². The fourth-order valence-corrected chi connectivity index (χ4v) is 6.54. The van der Waals surface area contributed by atoms with Crippen LogP contribution in [-0.4, -0.2) is 57.4 Å². The summed E-state index contributed by atoms with van der Waals surface area (Å²) in [5.74, 6) is 0.0520. The molecule has 33 heavy (non-hydrogen) atoms. The lowest BCUT2D eigenvalue weighted by molar-refractivity contribution is -0.116. The van der Waals surface area contributed by atoms with Gasteiger partial charge in [-0.3, -0.25) is 4.79 Å². The summed E-state index contributed by atoms with van der Waals surface area (Å²) in [6.07, 6.45) is 3.61. The van der Waals surface area contributed by atoms with E-state index in [-0.39, 0.29) is 29.2 Å². The van der Waals surface area contributed by atoms with Crippen LogP contribution in [0.5, 0.6) is 0 Å². The molecule has 10 heteroatoms. The summed E-state index contributed by atoms with van der Waals surface area (Å²) in [6.45, 7) is 0. The Balaban J connectivity index is 1.40. The van der Waals surface area contributed by atoms with Gasteiger partial charge in [-0.1, -0.05) is 48.2 Å². The molecule has 0 radical (unpaired) electrons. The van der Waals surface area contributed by atoms with E-state index >= 15 is 0 Å². The van der Waals surface area contributed by atoms with Crippen molar-refractivity contribution in [3.05, 3.63) is 73.2 Å². The van der Waals surface area contributed by atoms with Crippen LogP contribution in [0.25, 0.3) is 16.7 Å². The van der Waals surface area contributed by atoms with Crippen molar-refractivity contribution in [2.24, 2.45) is 0 Å². The van der Waals surface area contributed by atoms with Crippen LogP contribution >= 0.6 is 11.8 Å². The topological polar surface area (TPSA) is 98.1 Å². The number of benzene rings is 2. The van der Waals surface area contributed by atoms with Crippen LogP contribution in [0.3, 0.4) is 0 Å². The third-order valence-corrected chi connectivity index (χ3v) is 8.28. The SMILES string of the molecule is O=C(CSc1ncnc2c1cnn2-c1ccccc1)N(c1ccccc1)[C@H]1CCS(=O)(=O)C1. The molecule has 2 aromatic heterocycles. The van der Waals surface area contributed by atoms with Gasteiger partial charge in [0.1, 0.15) is 11.4 Å². The van der Waals surface area contributed by atoms with Gasteiger partial charge in [0.25, 0.3) is 0 Å². The summed E-state index contributed by atoms with van der Waals surface area (Å²) in [5.41, 5.74) is 2.25. The fraction of sp³-hybridized carbons (Fsp3) is 0.217. The standard InChI is InChI=1S/C23H21N5O3S2/c29-21(27(17-7-3-1-4-8-17)19-11-12-33(30,31)15-19)14-32-23-20-13-26-28(22(20)24-16-25-23)18-9-5-2-6-10-18/h1-10,13,16,19H,11-12,14-15H2/t19-/m0/s1. The third kappa shape index (κ3) is 4.49. The number of para-hydroxylation sites is 2. The maximum atomic E-state index is 13.3. The van der Waals surface area contributed by atoms with E-state index in [0.29, 0.717) is 22.8 Å². The Bertz CT molecular complexity index is 1390. The molecule has 3 heterocycles. The van der Waals surface area contributed by atoms with Crippen LogP contribution in [0.4, 0.5) is 5.69 Å². The van der Waals surface area contributed by atoms with Gasteiger partial charge in [0.2, 0.25) is 5.91 Å². The normalized spacial score (nSPS) is 17.3. The predicted molar refractivity (Wildman–Crippen MR) is 128 cm³/mol. The molecule has 0 spiro atoms. The van der Waals surface area contributed by atoms with Gasteiger partial charge in [-0.25, -0.2) is 23.1 Å². The minimum Gasteiger partial charge on any atom is -0.308 e. The Morgan fingerprint density at radius 1 is 1.06 bits per heavy atom. The first-order chi connectivity index (χ1) is 16.0. The van der Waals surface area contributed by atoms with Crippen LogP contribution in [-0.2, 0) is 14.6 Å². The molecule has 1 atom stereocenters. The monoisotopic (exact) mass is 479 g/mol. The number of aromatic nitrogens is 4. The maximum Gasteiger partial charge on any atom is 0.237 e. The lowest BCUT2D eigenvalue weighted by atomic mass is 10.2. The van der Waals surface area contributed by atoms with Crippen molar-refractivity contribution in [3.63, 3.8) is 0 Å². The number of carbonyl (C=O) groups excluding carboxylic acids is 1. The Morgan fingerprint density at radius 3 is 2.48 bits per heavy atom. The summed E-state index contributed by atoms with van der Waals surface area (Å²) in [7, 11) is -3.13. The van der Waals surface area contributed by atoms with E-state index in [9.17, 15) is 13.2 Å². The summed E-state index contributed by atoms with van der Waals surface area (Å²) < 4.78 is 25.9. The highest BCUT2D eigenvalue weighted by atomic mass is 32.2. The molecule has 168 valence electrons. The number of hydrogen-bond acceptors (Lipinski definition) is 7. The van der Waals surface area contributed by atoms with Gasteiger partial charge in [-0.2, -0.15) is 5.10 Å². The molecule has 1 saturated heterocycles. The first-order valence-electron chi connectivity index (χ1n) is 10.5. The van der Waals surface area contributed by atoms with Gasteiger partial charge in [-0.15, -0.1) is 0 Å². The zero-order valence-corrected chi connectivity index (χ0v) is 19.2. The summed E-state index contributed by atoms with van der Waals surface area (Å²) in [5, 5.41) is 5.87. The zero-order chi connectivity index (χ0) is 22.8.